The number of hydrogen-bond acceptors (Lipinski definition) is 23. The van der Waals surface area contributed by atoms with Crippen LogP contribution in [0.2, 0.25) is 0 Å². The molecule has 13 N–H and O–H groups in total. The Hall–Kier alpha value is -4.99. The second-order valence-electron chi connectivity index (χ2n) is 14.8. The minimum Gasteiger partial charge on any atom is -0.744 e. The predicted octanol–water partition coefficient (Wildman–Crippen LogP) is 0.730. The molecule has 6 aromatic rings. The molecule has 73 heavy (non-hydrogen) atoms. The Morgan fingerprint density at radius 1 is 0.521 bits per heavy atom. The van der Waals surface area contributed by atoms with E-state index in [2.05, 4.69) is 20.5 Å². The van der Waals surface area contributed by atoms with E-state index in [9.17, 15) is 75.1 Å². The van der Waals surface area contributed by atoms with Gasteiger partial charge in [-0.15, -0.1) is 10.2 Å². The second kappa shape index (κ2) is 24.1. The molecule has 0 saturated carbocycles. The second-order valence-corrected chi connectivity index (χ2v) is 21.7. The van der Waals surface area contributed by atoms with Crippen molar-refractivity contribution in [2.45, 2.75) is 24.5 Å². The van der Waals surface area contributed by atoms with E-state index in [1.807, 2.05) is 0 Å². The van der Waals surface area contributed by atoms with E-state index in [0.29, 0.717) is 43.9 Å². The maximum Gasteiger partial charge on any atom is 1.00 e. The number of aliphatic hydroxyl groups is 3. The van der Waals surface area contributed by atoms with Gasteiger partial charge in [-0.1, -0.05) is 30.4 Å². The van der Waals surface area contributed by atoms with Crippen LogP contribution in [0.5, 0.6) is 11.5 Å². The smallest absolute Gasteiger partial charge is 0.744 e. The van der Waals surface area contributed by atoms with E-state index < -0.39 is 120 Å². The average molecular weight is 1140 g/mol. The first-order valence-electron chi connectivity index (χ1n) is 19.7. The van der Waals surface area contributed by atoms with Crippen LogP contribution in [0, 0.1) is 0 Å². The molecule has 0 saturated heterocycles. The van der Waals surface area contributed by atoms with Gasteiger partial charge in [-0.05, 0) is 82.6 Å². The first kappa shape index (κ1) is 60.6. The number of phenols is 2. The van der Waals surface area contributed by atoms with Crippen LogP contribution in [0.25, 0.3) is 33.7 Å². The van der Waals surface area contributed by atoms with Gasteiger partial charge in [0.25, 0.3) is 40.5 Å². The van der Waals surface area contributed by atoms with Crippen molar-refractivity contribution in [2.24, 2.45) is 20.5 Å². The van der Waals surface area contributed by atoms with Gasteiger partial charge in [0.15, 0.2) is 11.5 Å². The summed E-state index contributed by atoms with van der Waals surface area (Å²) in [6.07, 6.45) is 1.94. The fraction of sp³-hybridized carbons (Fsp3) is 0.150. The molecule has 6 rings (SSSR count). The molecule has 386 valence electrons. The molecular formula is C40H40KN7O20S5. The summed E-state index contributed by atoms with van der Waals surface area (Å²) in [5, 5.41) is 61.2. The van der Waals surface area contributed by atoms with Crippen LogP contribution in [-0.2, 0) is 50.6 Å². The SMILES string of the molecule is Nc1ccc2cc(S(=O)(=O)O)c(N=Nc3ccc(C=Cc4ccc(N=Nc5c(S(=O)(=O)[O-])cc6cc(S(=O)(=O)O)cc(N)c6c5O)cc4S(=O)(=O)O)c(S(=O)(=O)O)c3)c(O)c2c1.OCCN(CCO)CCO.[K+]. The molecule has 0 aliphatic rings. The number of nitrogens with zero attached hydrogens (tertiary/aromatic N) is 5. The first-order valence-corrected chi connectivity index (χ1v) is 26.9. The molecule has 0 bridgehead atoms. The van der Waals surface area contributed by atoms with E-state index in [4.69, 9.17) is 26.8 Å². The van der Waals surface area contributed by atoms with E-state index in [0.717, 1.165) is 48.6 Å². The van der Waals surface area contributed by atoms with Crippen LogP contribution in [-0.4, -0.2) is 135 Å². The number of azo groups is 2. The van der Waals surface area contributed by atoms with Gasteiger partial charge >= 0.3 is 51.4 Å². The van der Waals surface area contributed by atoms with Gasteiger partial charge in [-0.3, -0.25) is 23.1 Å². The minimum atomic E-state index is -5.51. The third-order valence-corrected chi connectivity index (χ3v) is 14.2. The van der Waals surface area contributed by atoms with Crippen LogP contribution in [0.1, 0.15) is 11.1 Å². The molecule has 0 unspecified atom stereocenters. The Morgan fingerprint density at radius 2 is 0.973 bits per heavy atom. The number of phenolic OH excluding ortho intramolecular Hbond substituents is 2. The zero-order valence-corrected chi connectivity index (χ0v) is 44.6. The van der Waals surface area contributed by atoms with Crippen molar-refractivity contribution < 1.29 is 142 Å². The molecule has 0 spiro atoms. The van der Waals surface area contributed by atoms with Crippen LogP contribution >= 0.6 is 0 Å². The van der Waals surface area contributed by atoms with Gasteiger partial charge in [0, 0.05) is 41.8 Å². The van der Waals surface area contributed by atoms with Gasteiger partial charge in [-0.2, -0.15) is 43.9 Å². The van der Waals surface area contributed by atoms with Crippen molar-refractivity contribution in [3.05, 3.63) is 90.0 Å². The van der Waals surface area contributed by atoms with Crippen molar-refractivity contribution in [3.8, 4) is 11.5 Å². The third kappa shape index (κ3) is 15.3. The number of nitrogen functional groups attached to an aromatic ring is 2. The summed E-state index contributed by atoms with van der Waals surface area (Å²) in [5.41, 5.74) is 8.01. The standard InChI is InChI=1S/C34H26N6O17S5.C6H15NO3.K/c35-20-6-3-18-10-28(61(52,53)54)31(33(41)24(18)12-20)39-37-21-7-4-16(26(13-21)59(46,47)48)1-2-17-5-8-22(14-27(17)60(49,50)51)38-40-32-29(62(55,56)57)11-19-9-23(58(43,44)45)15-25(36)30(19)34(32)42;8-4-1-7(2-5-9)3-6-10;/h1-15,41-42H,35-36H2,(H,43,44,45)(H,46,47,48)(H,49,50,51)(H,52,53,54)(H,55,56,57);8-10H,1-6H2;/q;;+1/p-1. The maximum atomic E-state index is 12.5. The summed E-state index contributed by atoms with van der Waals surface area (Å²) in [7, 11) is -25.7. The van der Waals surface area contributed by atoms with E-state index in [1.54, 1.807) is 4.90 Å². The number of nitrogens with two attached hydrogens (primary N) is 2. The predicted molar refractivity (Wildman–Crippen MR) is 255 cm³/mol. The van der Waals surface area contributed by atoms with Crippen LogP contribution in [0.15, 0.2) is 124 Å². The van der Waals surface area contributed by atoms with Gasteiger partial charge < -0.3 is 41.6 Å². The summed E-state index contributed by atoms with van der Waals surface area (Å²) in [4.78, 5) is -2.89. The number of rotatable bonds is 17. The number of anilines is 2. The van der Waals surface area contributed by atoms with Crippen molar-refractivity contribution >= 4 is 118 Å². The number of aromatic hydroxyl groups is 2. The van der Waals surface area contributed by atoms with Crippen LogP contribution in [0.4, 0.5) is 34.1 Å². The number of aliphatic hydroxyl groups excluding tert-OH is 3. The van der Waals surface area contributed by atoms with Gasteiger partial charge in [0.1, 0.15) is 36.2 Å². The number of fused-ring (bicyclic) bond motifs is 2. The van der Waals surface area contributed by atoms with Gasteiger partial charge in [-0.25, -0.2) is 8.42 Å². The van der Waals surface area contributed by atoms with Crippen LogP contribution < -0.4 is 62.9 Å². The Morgan fingerprint density at radius 3 is 1.40 bits per heavy atom. The molecule has 0 aromatic heterocycles. The monoisotopic (exact) mass is 1140 g/mol. The molecule has 0 heterocycles. The normalized spacial score (nSPS) is 12.8. The molecule has 33 heteroatoms. The molecule has 0 fully saturated rings. The molecule has 0 amide bonds. The van der Waals surface area contributed by atoms with E-state index >= 15 is 0 Å². The van der Waals surface area contributed by atoms with E-state index in [1.165, 1.54) is 18.2 Å². The zero-order valence-electron chi connectivity index (χ0n) is 37.4. The van der Waals surface area contributed by atoms with Crippen molar-refractivity contribution in [1.29, 1.82) is 0 Å². The summed E-state index contributed by atoms with van der Waals surface area (Å²) in [6, 6.07) is 12.7. The summed E-state index contributed by atoms with van der Waals surface area (Å²) < 4.78 is 173. The molecule has 0 radical (unpaired) electrons. The fourth-order valence-corrected chi connectivity index (χ4v) is 9.89. The average Bonchev–Trinajstić information content (AvgIpc) is 3.26. The van der Waals surface area contributed by atoms with Crippen molar-refractivity contribution in [2.75, 3.05) is 50.9 Å². The fourth-order valence-electron chi connectivity index (χ4n) is 6.63. The first-order chi connectivity index (χ1) is 33.4. The topological polar surface area (TPSA) is 481 Å². The van der Waals surface area contributed by atoms with Crippen molar-refractivity contribution in [1.82, 2.24) is 4.90 Å². The summed E-state index contributed by atoms with van der Waals surface area (Å²) >= 11 is 0. The molecule has 0 atom stereocenters. The number of hydrogen-bond donors (Lipinski definition) is 11. The van der Waals surface area contributed by atoms with Gasteiger partial charge in [0.2, 0.25) is 0 Å². The summed E-state index contributed by atoms with van der Waals surface area (Å²) in [5.74, 6) is -1.85. The molecule has 0 aliphatic carbocycles. The Balaban J connectivity index is 0.000000948. The Bertz CT molecular complexity index is 3770. The summed E-state index contributed by atoms with van der Waals surface area (Å²) in [6.45, 7) is 1.75. The Labute approximate surface area is 458 Å². The molecular weight excluding hydrogens is 1100 g/mol. The van der Waals surface area contributed by atoms with Crippen LogP contribution in [0.3, 0.4) is 0 Å². The maximum absolute atomic E-state index is 12.5. The third-order valence-electron chi connectivity index (χ3n) is 9.85. The molecule has 6 aromatic carbocycles. The Kier molecular flexibility index (Phi) is 20.0. The molecule has 27 nitrogen and oxygen atoms in total. The minimum absolute atomic E-state index is 0. The largest absolute Gasteiger partial charge is 1.00 e. The molecule has 0 aliphatic heterocycles. The number of benzene rings is 6. The van der Waals surface area contributed by atoms with E-state index in [-0.39, 0.29) is 104 Å². The van der Waals surface area contributed by atoms with Crippen molar-refractivity contribution in [3.63, 3.8) is 0 Å². The zero-order chi connectivity index (χ0) is 53.7. The quantitative estimate of drug-likeness (QED) is 0.0197. The van der Waals surface area contributed by atoms with Gasteiger partial charge in [0.05, 0.1) is 41.0 Å².